The first-order valence-corrected chi connectivity index (χ1v) is 6.23. The zero-order valence-electron chi connectivity index (χ0n) is 10.8. The average molecular weight is 266 g/mol. The summed E-state index contributed by atoms with van der Waals surface area (Å²) >= 11 is 0. The lowest BCUT2D eigenvalue weighted by Crippen LogP contribution is -2.41. The van der Waals surface area contributed by atoms with E-state index in [2.05, 4.69) is 0 Å². The highest BCUT2D eigenvalue weighted by molar-refractivity contribution is 4.89. The predicted octanol–water partition coefficient (Wildman–Crippen LogP) is -1.53. The fraction of sp³-hybridized carbons (Fsp3) is 1.00. The summed E-state index contributed by atoms with van der Waals surface area (Å²) in [4.78, 5) is 0. The van der Waals surface area contributed by atoms with E-state index in [1.54, 1.807) is 0 Å². The molecule has 6 N–H and O–H groups in total. The van der Waals surface area contributed by atoms with E-state index in [0.717, 1.165) is 0 Å². The topological polar surface area (TPSA) is 121 Å². The number of hydrogen-bond acceptors (Lipinski definition) is 6. The lowest BCUT2D eigenvalue weighted by atomic mass is 9.67. The first-order chi connectivity index (χ1) is 8.57. The summed E-state index contributed by atoms with van der Waals surface area (Å²) in [6.07, 6.45) is 1.27. The normalized spacial score (nSPS) is 13.0. The molecule has 0 aliphatic heterocycles. The minimum atomic E-state index is -1.06. The minimum absolute atomic E-state index is 0.113. The third-order valence-corrected chi connectivity index (χ3v) is 3.68. The zero-order valence-corrected chi connectivity index (χ0v) is 10.8. The van der Waals surface area contributed by atoms with Crippen LogP contribution in [-0.2, 0) is 0 Å². The monoisotopic (exact) mass is 266 g/mol. The molecule has 0 unspecified atom stereocenters. The molecule has 0 heterocycles. The number of hydrogen-bond donors (Lipinski definition) is 6. The summed E-state index contributed by atoms with van der Waals surface area (Å²) in [5.41, 5.74) is -1.65. The van der Waals surface area contributed by atoms with Gasteiger partial charge in [0, 0.05) is 25.2 Å². The Kier molecular flexibility index (Phi) is 8.67. The van der Waals surface area contributed by atoms with Crippen molar-refractivity contribution in [1.82, 2.24) is 0 Å². The Hall–Kier alpha value is -0.240. The third-order valence-electron chi connectivity index (χ3n) is 3.68. The molecule has 0 spiro atoms. The fourth-order valence-electron chi connectivity index (χ4n) is 2.46. The molecule has 0 atom stereocenters. The quantitative estimate of drug-likeness (QED) is 0.270. The van der Waals surface area contributed by atoms with Crippen molar-refractivity contribution in [2.75, 3.05) is 39.6 Å². The Balaban J connectivity index is 5.02. The SMILES string of the molecule is OCCC(CCO)(CCO)CC(CO)(CO)CO. The number of rotatable bonds is 11. The van der Waals surface area contributed by atoms with Crippen LogP contribution in [0.1, 0.15) is 25.7 Å². The van der Waals surface area contributed by atoms with Crippen LogP contribution in [0.25, 0.3) is 0 Å². The summed E-state index contributed by atoms with van der Waals surface area (Å²) < 4.78 is 0. The molecule has 0 saturated heterocycles. The fourth-order valence-corrected chi connectivity index (χ4v) is 2.46. The highest BCUT2D eigenvalue weighted by Gasteiger charge is 2.39. The van der Waals surface area contributed by atoms with Gasteiger partial charge in [0.15, 0.2) is 0 Å². The van der Waals surface area contributed by atoms with Gasteiger partial charge in [-0.1, -0.05) is 0 Å². The van der Waals surface area contributed by atoms with Gasteiger partial charge < -0.3 is 30.6 Å². The Morgan fingerprint density at radius 2 is 0.833 bits per heavy atom. The van der Waals surface area contributed by atoms with Crippen molar-refractivity contribution in [3.8, 4) is 0 Å². The highest BCUT2D eigenvalue weighted by atomic mass is 16.3. The average Bonchev–Trinajstić information content (AvgIpc) is 2.37. The van der Waals surface area contributed by atoms with E-state index in [0.29, 0.717) is 19.3 Å². The molecule has 0 aromatic heterocycles. The van der Waals surface area contributed by atoms with E-state index in [4.69, 9.17) is 15.3 Å². The maximum absolute atomic E-state index is 9.34. The lowest BCUT2D eigenvalue weighted by Gasteiger charge is -2.40. The Morgan fingerprint density at radius 1 is 0.500 bits per heavy atom. The molecule has 0 saturated carbocycles. The molecule has 0 bridgehead atoms. The molecule has 6 heteroatoms. The Labute approximate surface area is 108 Å². The van der Waals surface area contributed by atoms with Crippen LogP contribution in [0.2, 0.25) is 0 Å². The van der Waals surface area contributed by atoms with Crippen molar-refractivity contribution in [2.45, 2.75) is 25.7 Å². The van der Waals surface area contributed by atoms with Gasteiger partial charge in [0.05, 0.1) is 19.8 Å². The standard InChI is InChI=1S/C12H26O6/c13-4-1-11(2-5-14,3-6-15)7-12(8-16,9-17)10-18/h13-18H,1-10H2. The molecule has 0 fully saturated rings. The van der Waals surface area contributed by atoms with E-state index in [-0.39, 0.29) is 46.1 Å². The van der Waals surface area contributed by atoms with Crippen molar-refractivity contribution < 1.29 is 30.6 Å². The van der Waals surface area contributed by atoms with Crippen molar-refractivity contribution in [1.29, 1.82) is 0 Å². The van der Waals surface area contributed by atoms with Gasteiger partial charge in [0.1, 0.15) is 0 Å². The van der Waals surface area contributed by atoms with E-state index in [9.17, 15) is 15.3 Å². The first kappa shape index (κ1) is 17.8. The zero-order chi connectivity index (χ0) is 14.1. The summed E-state index contributed by atoms with van der Waals surface area (Å²) in [6, 6.07) is 0. The largest absolute Gasteiger partial charge is 0.396 e. The number of aliphatic hydroxyl groups excluding tert-OH is 6. The summed E-state index contributed by atoms with van der Waals surface area (Å²) in [7, 11) is 0. The molecule has 0 rings (SSSR count). The van der Waals surface area contributed by atoms with Gasteiger partial charge in [-0.05, 0) is 31.1 Å². The van der Waals surface area contributed by atoms with Gasteiger partial charge in [-0.25, -0.2) is 0 Å². The molecule has 0 radical (unpaired) electrons. The van der Waals surface area contributed by atoms with E-state index >= 15 is 0 Å². The summed E-state index contributed by atoms with van der Waals surface area (Å²) in [6.45, 7) is -1.49. The third kappa shape index (κ3) is 4.79. The molecular formula is C12H26O6. The van der Waals surface area contributed by atoms with Gasteiger partial charge in [-0.2, -0.15) is 0 Å². The Bertz CT molecular complexity index is 179. The minimum Gasteiger partial charge on any atom is -0.396 e. The van der Waals surface area contributed by atoms with Crippen LogP contribution in [0, 0.1) is 10.8 Å². The molecule has 18 heavy (non-hydrogen) atoms. The van der Waals surface area contributed by atoms with Gasteiger partial charge in [-0.3, -0.25) is 0 Å². The second-order valence-electron chi connectivity index (χ2n) is 5.07. The maximum atomic E-state index is 9.34. The van der Waals surface area contributed by atoms with Crippen LogP contribution in [-0.4, -0.2) is 70.3 Å². The van der Waals surface area contributed by atoms with Gasteiger partial charge in [-0.15, -0.1) is 0 Å². The predicted molar refractivity (Wildman–Crippen MR) is 65.8 cm³/mol. The van der Waals surface area contributed by atoms with Crippen LogP contribution in [0.3, 0.4) is 0 Å². The summed E-state index contributed by atoms with van der Waals surface area (Å²) in [5.74, 6) is 0. The highest BCUT2D eigenvalue weighted by Crippen LogP contribution is 2.42. The van der Waals surface area contributed by atoms with E-state index in [1.165, 1.54) is 0 Å². The molecule has 6 nitrogen and oxygen atoms in total. The summed E-state index contributed by atoms with van der Waals surface area (Å²) in [5, 5.41) is 55.4. The van der Waals surface area contributed by atoms with Gasteiger partial charge >= 0.3 is 0 Å². The lowest BCUT2D eigenvalue weighted by molar-refractivity contribution is -0.0480. The maximum Gasteiger partial charge on any atom is 0.0531 e. The molecule has 0 aliphatic carbocycles. The first-order valence-electron chi connectivity index (χ1n) is 6.23. The molecule has 0 aromatic carbocycles. The van der Waals surface area contributed by atoms with Crippen LogP contribution < -0.4 is 0 Å². The molecular weight excluding hydrogens is 240 g/mol. The van der Waals surface area contributed by atoms with Crippen molar-refractivity contribution in [2.24, 2.45) is 10.8 Å². The van der Waals surface area contributed by atoms with Crippen LogP contribution in [0.15, 0.2) is 0 Å². The number of aliphatic hydroxyl groups is 6. The van der Waals surface area contributed by atoms with Crippen LogP contribution in [0.5, 0.6) is 0 Å². The van der Waals surface area contributed by atoms with Gasteiger partial charge in [0.2, 0.25) is 0 Å². The molecule has 0 aromatic rings. The van der Waals surface area contributed by atoms with Crippen molar-refractivity contribution >= 4 is 0 Å². The molecule has 0 aliphatic rings. The molecule has 110 valence electrons. The Morgan fingerprint density at radius 3 is 1.06 bits per heavy atom. The second-order valence-corrected chi connectivity index (χ2v) is 5.07. The second kappa shape index (κ2) is 8.79. The smallest absolute Gasteiger partial charge is 0.0531 e. The van der Waals surface area contributed by atoms with E-state index in [1.807, 2.05) is 0 Å². The van der Waals surface area contributed by atoms with E-state index < -0.39 is 10.8 Å². The van der Waals surface area contributed by atoms with Crippen LogP contribution in [0.4, 0.5) is 0 Å². The van der Waals surface area contributed by atoms with Gasteiger partial charge in [0.25, 0.3) is 0 Å². The van der Waals surface area contributed by atoms with Crippen molar-refractivity contribution in [3.63, 3.8) is 0 Å². The molecule has 0 amide bonds. The van der Waals surface area contributed by atoms with Crippen molar-refractivity contribution in [3.05, 3.63) is 0 Å². The van der Waals surface area contributed by atoms with Crippen LogP contribution >= 0.6 is 0 Å².